The van der Waals surface area contributed by atoms with Crippen LogP contribution in [0.2, 0.25) is 0 Å². The van der Waals surface area contributed by atoms with Crippen molar-refractivity contribution in [2.45, 2.75) is 0 Å². The molecular formula is C58H40N2S. The second kappa shape index (κ2) is 15.8. The lowest BCUT2D eigenvalue weighted by Crippen LogP contribution is -2.13. The minimum Gasteiger partial charge on any atom is -0.310 e. The van der Waals surface area contributed by atoms with Gasteiger partial charge >= 0.3 is 0 Å². The van der Waals surface area contributed by atoms with Gasteiger partial charge in [-0.05, 0) is 105 Å². The summed E-state index contributed by atoms with van der Waals surface area (Å²) in [5.74, 6) is 0. The Hall–Kier alpha value is -7.72. The number of nitrogens with zero attached hydrogens (tertiary/aromatic N) is 2. The van der Waals surface area contributed by atoms with Crippen molar-refractivity contribution in [2.24, 2.45) is 0 Å². The van der Waals surface area contributed by atoms with E-state index in [9.17, 15) is 0 Å². The molecule has 0 spiro atoms. The summed E-state index contributed by atoms with van der Waals surface area (Å²) in [4.78, 5) is 4.88. The second-order valence-electron chi connectivity index (χ2n) is 15.3. The Kier molecular flexibility index (Phi) is 9.42. The van der Waals surface area contributed by atoms with E-state index in [1.54, 1.807) is 0 Å². The molecule has 0 saturated heterocycles. The molecule has 1 heterocycles. The third-order valence-electron chi connectivity index (χ3n) is 11.6. The number of fused-ring (bicyclic) bond motifs is 5. The van der Waals surface area contributed by atoms with E-state index >= 15 is 0 Å². The van der Waals surface area contributed by atoms with Crippen LogP contribution in [0.1, 0.15) is 0 Å². The highest BCUT2D eigenvalue weighted by Crippen LogP contribution is 2.52. The largest absolute Gasteiger partial charge is 0.310 e. The van der Waals surface area contributed by atoms with Crippen molar-refractivity contribution in [3.8, 4) is 33.4 Å². The molecule has 0 amide bonds. The topological polar surface area (TPSA) is 6.48 Å². The molecule has 0 unspecified atom stereocenters. The number of hydrogen-bond acceptors (Lipinski definition) is 3. The highest BCUT2D eigenvalue weighted by atomic mass is 32.1. The van der Waals surface area contributed by atoms with Crippen LogP contribution in [-0.2, 0) is 0 Å². The number of anilines is 6. The molecule has 288 valence electrons. The molecule has 61 heavy (non-hydrogen) atoms. The number of thiophene rings is 1. The van der Waals surface area contributed by atoms with Crippen molar-refractivity contribution in [2.75, 3.05) is 9.80 Å². The predicted octanol–water partition coefficient (Wildman–Crippen LogP) is 17.1. The van der Waals surface area contributed by atoms with Gasteiger partial charge in [0.25, 0.3) is 0 Å². The normalized spacial score (nSPS) is 11.3. The molecule has 0 bridgehead atoms. The van der Waals surface area contributed by atoms with E-state index in [1.165, 1.54) is 64.3 Å². The van der Waals surface area contributed by atoms with Gasteiger partial charge in [-0.15, -0.1) is 11.3 Å². The first-order valence-electron chi connectivity index (χ1n) is 20.8. The summed E-state index contributed by atoms with van der Waals surface area (Å²) >= 11 is 1.89. The highest BCUT2D eigenvalue weighted by Gasteiger charge is 2.25. The number of rotatable bonds is 9. The Morgan fingerprint density at radius 3 is 1.31 bits per heavy atom. The molecule has 1 aromatic heterocycles. The first-order valence-corrected chi connectivity index (χ1v) is 21.6. The molecule has 10 aromatic carbocycles. The number of benzene rings is 10. The highest BCUT2D eigenvalue weighted by molar-refractivity contribution is 7.27. The van der Waals surface area contributed by atoms with Gasteiger partial charge in [0.05, 0.1) is 16.1 Å². The number of para-hydroxylation sites is 1. The van der Waals surface area contributed by atoms with Crippen LogP contribution in [0.4, 0.5) is 34.1 Å². The van der Waals surface area contributed by atoms with Crippen molar-refractivity contribution in [1.82, 2.24) is 0 Å². The smallest absolute Gasteiger partial charge is 0.0641 e. The summed E-state index contributed by atoms with van der Waals surface area (Å²) in [6.45, 7) is 0. The maximum atomic E-state index is 2.45. The van der Waals surface area contributed by atoms with Crippen LogP contribution < -0.4 is 9.80 Å². The molecule has 11 rings (SSSR count). The van der Waals surface area contributed by atoms with Crippen LogP contribution in [-0.4, -0.2) is 0 Å². The van der Waals surface area contributed by atoms with Crippen LogP contribution in [0.3, 0.4) is 0 Å². The maximum Gasteiger partial charge on any atom is 0.0641 e. The van der Waals surface area contributed by atoms with Gasteiger partial charge in [0.1, 0.15) is 0 Å². The van der Waals surface area contributed by atoms with E-state index in [0.717, 1.165) is 34.1 Å². The van der Waals surface area contributed by atoms with Gasteiger partial charge in [-0.3, -0.25) is 0 Å². The van der Waals surface area contributed by atoms with Gasteiger partial charge in [0.2, 0.25) is 0 Å². The van der Waals surface area contributed by atoms with Crippen LogP contribution in [0, 0.1) is 0 Å². The number of hydrogen-bond donors (Lipinski definition) is 0. The van der Waals surface area contributed by atoms with Gasteiger partial charge in [-0.25, -0.2) is 0 Å². The quantitative estimate of drug-likeness (QED) is 0.144. The van der Waals surface area contributed by atoms with E-state index in [4.69, 9.17) is 0 Å². The van der Waals surface area contributed by atoms with E-state index in [1.807, 2.05) is 11.3 Å². The molecule has 0 aliphatic heterocycles. The third kappa shape index (κ3) is 6.81. The van der Waals surface area contributed by atoms with E-state index in [0.29, 0.717) is 0 Å². The fraction of sp³-hybridized carbons (Fsp3) is 0. The zero-order valence-electron chi connectivity index (χ0n) is 33.4. The average Bonchev–Trinajstić information content (AvgIpc) is 3.75. The molecule has 0 saturated carbocycles. The van der Waals surface area contributed by atoms with Gasteiger partial charge < -0.3 is 9.80 Å². The van der Waals surface area contributed by atoms with Crippen LogP contribution >= 0.6 is 11.3 Å². The van der Waals surface area contributed by atoms with Crippen molar-refractivity contribution in [3.05, 3.63) is 243 Å². The lowest BCUT2D eigenvalue weighted by atomic mass is 10.0. The minimum absolute atomic E-state index is 1.09. The van der Waals surface area contributed by atoms with Crippen molar-refractivity contribution < 1.29 is 0 Å². The van der Waals surface area contributed by atoms with Crippen LogP contribution in [0.15, 0.2) is 243 Å². The molecule has 0 aliphatic carbocycles. The maximum absolute atomic E-state index is 2.45. The third-order valence-corrected chi connectivity index (χ3v) is 12.9. The Balaban J connectivity index is 1.17. The van der Waals surface area contributed by atoms with Crippen molar-refractivity contribution in [1.29, 1.82) is 0 Å². The summed E-state index contributed by atoms with van der Waals surface area (Å²) in [6.07, 6.45) is 0. The zero-order chi connectivity index (χ0) is 40.5. The van der Waals surface area contributed by atoms with Gasteiger partial charge in [0.15, 0.2) is 0 Å². The van der Waals surface area contributed by atoms with Crippen LogP contribution in [0.25, 0.3) is 64.3 Å². The summed E-state index contributed by atoms with van der Waals surface area (Å²) < 4.78 is 2.51. The van der Waals surface area contributed by atoms with Crippen LogP contribution in [0.5, 0.6) is 0 Å². The first-order chi connectivity index (χ1) is 30.3. The zero-order valence-corrected chi connectivity index (χ0v) is 34.2. The standard InChI is InChI=1S/C58H40N2S/c1-5-16-41(17-6-1)44-28-33-49(34-29-44)59(48-24-11-4-12-25-48)55-39-38-54(56-53-37-32-46-22-13-14-27-52(46)57(53)61-58(55)56)60(50-35-30-45(31-36-50)42-18-7-2-8-19-42)51-26-15-23-47(40-51)43-20-9-3-10-21-43/h1-40H. The molecule has 0 aliphatic rings. The van der Waals surface area contributed by atoms with Gasteiger partial charge in [-0.2, -0.15) is 0 Å². The van der Waals surface area contributed by atoms with E-state index < -0.39 is 0 Å². The van der Waals surface area contributed by atoms with Crippen molar-refractivity contribution in [3.63, 3.8) is 0 Å². The molecule has 3 heteroatoms. The molecule has 0 atom stereocenters. The Bertz CT molecular complexity index is 3270. The Morgan fingerprint density at radius 2 is 0.705 bits per heavy atom. The SMILES string of the molecule is c1ccc(-c2ccc(N(c3ccccc3)c3ccc(N(c4ccc(-c5ccccc5)cc4)c4cccc(-c5ccccc5)c4)c4c3sc3c5ccccc5ccc34)cc2)cc1. The first kappa shape index (κ1) is 36.4. The summed E-state index contributed by atoms with van der Waals surface area (Å²) in [5.41, 5.74) is 13.8. The molecule has 11 aromatic rings. The second-order valence-corrected chi connectivity index (χ2v) is 16.3. The lowest BCUT2D eigenvalue weighted by Gasteiger charge is -2.30. The van der Waals surface area contributed by atoms with E-state index in [2.05, 4.69) is 252 Å². The summed E-state index contributed by atoms with van der Waals surface area (Å²) in [7, 11) is 0. The molecule has 0 fully saturated rings. The summed E-state index contributed by atoms with van der Waals surface area (Å²) in [5, 5.41) is 4.97. The molecule has 2 nitrogen and oxygen atoms in total. The van der Waals surface area contributed by atoms with Gasteiger partial charge in [0, 0.05) is 38.2 Å². The Morgan fingerprint density at radius 1 is 0.262 bits per heavy atom. The molecular weight excluding hydrogens is 757 g/mol. The monoisotopic (exact) mass is 796 g/mol. The van der Waals surface area contributed by atoms with E-state index in [-0.39, 0.29) is 0 Å². The molecule has 0 radical (unpaired) electrons. The Labute approximate surface area is 360 Å². The van der Waals surface area contributed by atoms with Gasteiger partial charge in [-0.1, -0.05) is 182 Å². The fourth-order valence-corrected chi connectivity index (χ4v) is 10.1. The predicted molar refractivity (Wildman–Crippen MR) is 263 cm³/mol. The van der Waals surface area contributed by atoms with Crippen molar-refractivity contribution >= 4 is 76.4 Å². The minimum atomic E-state index is 1.09. The summed E-state index contributed by atoms with van der Waals surface area (Å²) in [6, 6.07) is 87.8. The lowest BCUT2D eigenvalue weighted by molar-refractivity contribution is 1.28. The fourth-order valence-electron chi connectivity index (χ4n) is 8.69. The average molecular weight is 797 g/mol. The molecule has 0 N–H and O–H groups in total.